The molecule has 0 fully saturated rings. The zero-order chi connectivity index (χ0) is 25.3. The van der Waals surface area contributed by atoms with Crippen LogP contribution in [0, 0.1) is 11.8 Å². The molecule has 0 aliphatic rings. The summed E-state index contributed by atoms with van der Waals surface area (Å²) in [5.74, 6) is 5.35. The highest BCUT2D eigenvalue weighted by molar-refractivity contribution is 5.82. The third-order valence-corrected chi connectivity index (χ3v) is 6.19. The number of carboxylic acids is 1. The van der Waals surface area contributed by atoms with E-state index >= 15 is 0 Å². The summed E-state index contributed by atoms with van der Waals surface area (Å²) in [5, 5.41) is 10.4. The van der Waals surface area contributed by atoms with E-state index in [4.69, 9.17) is 14.6 Å². The van der Waals surface area contributed by atoms with Gasteiger partial charge in [0, 0.05) is 31.3 Å². The van der Waals surface area contributed by atoms with Gasteiger partial charge in [0.2, 0.25) is 0 Å². The van der Waals surface area contributed by atoms with Crippen LogP contribution in [0.1, 0.15) is 41.6 Å². The smallest absolute Gasteiger partial charge is 0.304 e. The predicted molar refractivity (Wildman–Crippen MR) is 142 cm³/mol. The van der Waals surface area contributed by atoms with Crippen molar-refractivity contribution in [3.8, 4) is 17.6 Å². The van der Waals surface area contributed by atoms with Crippen LogP contribution in [-0.4, -0.2) is 29.4 Å². The number of methoxy groups -OCH3 is 1. The third kappa shape index (κ3) is 6.35. The molecule has 0 saturated carbocycles. The van der Waals surface area contributed by atoms with Crippen molar-refractivity contribution in [1.82, 2.24) is 4.57 Å². The highest BCUT2D eigenvalue weighted by Crippen LogP contribution is 2.26. The molecule has 0 saturated heterocycles. The number of benzene rings is 3. The van der Waals surface area contributed by atoms with E-state index in [0.29, 0.717) is 13.2 Å². The van der Waals surface area contributed by atoms with Crippen LogP contribution in [-0.2, 0) is 29.1 Å². The van der Waals surface area contributed by atoms with E-state index in [9.17, 15) is 4.79 Å². The van der Waals surface area contributed by atoms with Gasteiger partial charge >= 0.3 is 5.97 Å². The summed E-state index contributed by atoms with van der Waals surface area (Å²) in [6, 6.07) is 26.7. The third-order valence-electron chi connectivity index (χ3n) is 6.19. The van der Waals surface area contributed by atoms with Crippen LogP contribution in [0.4, 0.5) is 0 Å². The summed E-state index contributed by atoms with van der Waals surface area (Å²) >= 11 is 0. The second-order valence-corrected chi connectivity index (χ2v) is 8.75. The maximum Gasteiger partial charge on any atom is 0.304 e. The molecule has 0 spiro atoms. The van der Waals surface area contributed by atoms with Gasteiger partial charge in [0.25, 0.3) is 0 Å². The molecule has 0 amide bonds. The molecule has 1 N–H and O–H groups in total. The van der Waals surface area contributed by atoms with Gasteiger partial charge in [-0.15, -0.1) is 5.92 Å². The van der Waals surface area contributed by atoms with Gasteiger partial charge in [-0.1, -0.05) is 60.5 Å². The number of carbonyl (C=O) groups is 1. The Hall–Kier alpha value is -4.01. The van der Waals surface area contributed by atoms with E-state index in [0.717, 1.165) is 29.8 Å². The summed E-state index contributed by atoms with van der Waals surface area (Å²) in [6.45, 7) is 3.63. The van der Waals surface area contributed by atoms with Crippen molar-refractivity contribution in [1.29, 1.82) is 0 Å². The van der Waals surface area contributed by atoms with Gasteiger partial charge in [-0.25, -0.2) is 0 Å². The van der Waals surface area contributed by atoms with Crippen LogP contribution in [0.2, 0.25) is 0 Å². The van der Waals surface area contributed by atoms with Crippen molar-refractivity contribution in [3.63, 3.8) is 0 Å². The molecular formula is C31H31NO4. The van der Waals surface area contributed by atoms with Gasteiger partial charge in [-0.2, -0.15) is 0 Å². The fraction of sp³-hybridized carbons (Fsp3) is 0.258. The number of carboxylic acid groups (broad SMARTS) is 1. The van der Waals surface area contributed by atoms with Gasteiger partial charge in [0.1, 0.15) is 12.4 Å². The molecule has 1 heterocycles. The largest absolute Gasteiger partial charge is 0.489 e. The van der Waals surface area contributed by atoms with Crippen LogP contribution in [0.25, 0.3) is 10.9 Å². The number of hydrogen-bond donors (Lipinski definition) is 1. The standard InChI is InChI=1S/C31H31NO4/c1-3-7-26(20-31(33)34)25-12-14-29(15-13-25)36-22-24-10-11-27-19-28(16-17-35-2)32(30(27)18-24)21-23-8-5-4-6-9-23/h4-6,8-15,18-19,26H,16-17,20-22H2,1-2H3,(H,33,34)/t26-/m0/s1. The SMILES string of the molecule is CC#C[C@@H](CC(=O)O)c1ccc(OCc2ccc3cc(CCOC)n(Cc4ccccc4)c3c2)cc1. The minimum Gasteiger partial charge on any atom is -0.489 e. The molecule has 1 aromatic heterocycles. The second kappa shape index (κ2) is 12.1. The summed E-state index contributed by atoms with van der Waals surface area (Å²) in [6.07, 6.45) is 0.831. The molecule has 4 aromatic rings. The molecule has 5 nitrogen and oxygen atoms in total. The Morgan fingerprint density at radius 1 is 1.00 bits per heavy atom. The van der Waals surface area contributed by atoms with Gasteiger partial charge in [-0.3, -0.25) is 4.79 Å². The molecule has 184 valence electrons. The van der Waals surface area contributed by atoms with Gasteiger partial charge in [0.15, 0.2) is 0 Å². The quantitative estimate of drug-likeness (QED) is 0.265. The van der Waals surface area contributed by atoms with Crippen molar-refractivity contribution >= 4 is 16.9 Å². The van der Waals surface area contributed by atoms with Crippen molar-refractivity contribution in [2.24, 2.45) is 0 Å². The molecule has 1 atom stereocenters. The number of hydrogen-bond acceptors (Lipinski definition) is 3. The fourth-order valence-corrected chi connectivity index (χ4v) is 4.38. The molecule has 0 radical (unpaired) electrons. The molecular weight excluding hydrogens is 450 g/mol. The van der Waals surface area contributed by atoms with Crippen LogP contribution < -0.4 is 4.74 Å². The topological polar surface area (TPSA) is 60.7 Å². The van der Waals surface area contributed by atoms with Crippen molar-refractivity contribution in [2.45, 2.75) is 38.8 Å². The van der Waals surface area contributed by atoms with E-state index in [2.05, 4.69) is 64.9 Å². The molecule has 0 aliphatic carbocycles. The minimum absolute atomic E-state index is 0.0178. The van der Waals surface area contributed by atoms with E-state index in [-0.39, 0.29) is 12.3 Å². The van der Waals surface area contributed by atoms with E-state index in [1.165, 1.54) is 22.2 Å². The Morgan fingerprint density at radius 2 is 1.78 bits per heavy atom. The van der Waals surface area contributed by atoms with Crippen LogP contribution in [0.5, 0.6) is 5.75 Å². The lowest BCUT2D eigenvalue weighted by atomic mass is 9.96. The molecule has 0 bridgehead atoms. The first kappa shape index (κ1) is 25.1. The Morgan fingerprint density at radius 3 is 2.47 bits per heavy atom. The van der Waals surface area contributed by atoms with E-state index < -0.39 is 5.97 Å². The average Bonchev–Trinajstić information content (AvgIpc) is 3.23. The molecule has 5 heteroatoms. The van der Waals surface area contributed by atoms with Crippen molar-refractivity contribution in [2.75, 3.05) is 13.7 Å². The van der Waals surface area contributed by atoms with Gasteiger partial charge in [-0.05, 0) is 53.3 Å². The van der Waals surface area contributed by atoms with E-state index in [1.807, 2.05) is 30.3 Å². The monoisotopic (exact) mass is 481 g/mol. The van der Waals surface area contributed by atoms with Crippen LogP contribution >= 0.6 is 0 Å². The number of rotatable bonds is 11. The normalized spacial score (nSPS) is 11.6. The second-order valence-electron chi connectivity index (χ2n) is 8.75. The van der Waals surface area contributed by atoms with E-state index in [1.54, 1.807) is 14.0 Å². The first-order valence-electron chi connectivity index (χ1n) is 12.1. The maximum atomic E-state index is 11.2. The number of nitrogens with zero attached hydrogens (tertiary/aromatic N) is 1. The van der Waals surface area contributed by atoms with Crippen molar-refractivity contribution < 1.29 is 19.4 Å². The highest BCUT2D eigenvalue weighted by atomic mass is 16.5. The van der Waals surface area contributed by atoms with Crippen LogP contribution in [0.3, 0.4) is 0 Å². The Balaban J connectivity index is 1.52. The zero-order valence-electron chi connectivity index (χ0n) is 20.7. The molecule has 4 rings (SSSR count). The van der Waals surface area contributed by atoms with Gasteiger partial charge < -0.3 is 19.1 Å². The Labute approximate surface area is 212 Å². The fourth-order valence-electron chi connectivity index (χ4n) is 4.38. The lowest BCUT2D eigenvalue weighted by Gasteiger charge is -2.13. The minimum atomic E-state index is -0.860. The Kier molecular flexibility index (Phi) is 8.44. The Bertz CT molecular complexity index is 1360. The predicted octanol–water partition coefficient (Wildman–Crippen LogP) is 6.04. The first-order chi connectivity index (χ1) is 17.6. The molecule has 0 unspecified atom stereocenters. The summed E-state index contributed by atoms with van der Waals surface area (Å²) in [4.78, 5) is 11.2. The lowest BCUT2D eigenvalue weighted by molar-refractivity contribution is -0.137. The average molecular weight is 482 g/mol. The highest BCUT2D eigenvalue weighted by Gasteiger charge is 2.14. The molecule has 3 aromatic carbocycles. The number of ether oxygens (including phenoxy) is 2. The van der Waals surface area contributed by atoms with Crippen LogP contribution in [0.15, 0.2) is 78.9 Å². The lowest BCUT2D eigenvalue weighted by Crippen LogP contribution is -2.07. The summed E-state index contributed by atoms with van der Waals surface area (Å²) in [7, 11) is 1.73. The van der Waals surface area contributed by atoms with Crippen molar-refractivity contribution in [3.05, 3.63) is 101 Å². The molecule has 36 heavy (non-hydrogen) atoms. The van der Waals surface area contributed by atoms with Gasteiger partial charge in [0.05, 0.1) is 18.9 Å². The number of aromatic nitrogens is 1. The number of aliphatic carboxylic acids is 1. The summed E-state index contributed by atoms with van der Waals surface area (Å²) in [5.41, 5.74) is 5.64. The zero-order valence-corrected chi connectivity index (χ0v) is 20.7. The first-order valence-corrected chi connectivity index (χ1v) is 12.1. The maximum absolute atomic E-state index is 11.2. The number of fused-ring (bicyclic) bond motifs is 1. The molecule has 0 aliphatic heterocycles. The summed E-state index contributed by atoms with van der Waals surface area (Å²) < 4.78 is 13.8.